The molecule has 0 atom stereocenters. The molecule has 3 aromatic heterocycles. The SMILES string of the molecule is NCc1cc2cc(C3=CCCC3)cc(Cn3cnc4c(N)ncnc43)c2[nH]1. The first kappa shape index (κ1) is 16.0. The maximum absolute atomic E-state index is 5.93. The average molecular weight is 359 g/mol. The van der Waals surface area contributed by atoms with Crippen LogP contribution in [0.15, 0.2) is 36.9 Å². The number of hydrogen-bond acceptors (Lipinski definition) is 5. The van der Waals surface area contributed by atoms with Crippen LogP contribution < -0.4 is 11.5 Å². The van der Waals surface area contributed by atoms with E-state index in [9.17, 15) is 0 Å². The van der Waals surface area contributed by atoms with Crippen LogP contribution in [-0.2, 0) is 13.1 Å². The minimum Gasteiger partial charge on any atom is -0.382 e. The zero-order valence-corrected chi connectivity index (χ0v) is 14.9. The van der Waals surface area contributed by atoms with Gasteiger partial charge in [-0.05, 0) is 54.2 Å². The molecule has 1 aliphatic rings. The monoisotopic (exact) mass is 359 g/mol. The smallest absolute Gasteiger partial charge is 0.165 e. The van der Waals surface area contributed by atoms with Crippen molar-refractivity contribution >= 4 is 33.5 Å². The molecular formula is C20H21N7. The molecule has 0 spiro atoms. The first-order valence-electron chi connectivity index (χ1n) is 9.18. The predicted octanol–water partition coefficient (Wildman–Crippen LogP) is 2.96. The Balaban J connectivity index is 1.66. The third kappa shape index (κ3) is 2.67. The zero-order chi connectivity index (χ0) is 18.4. The van der Waals surface area contributed by atoms with Gasteiger partial charge in [0.15, 0.2) is 11.5 Å². The third-order valence-electron chi connectivity index (χ3n) is 5.27. The van der Waals surface area contributed by atoms with Gasteiger partial charge < -0.3 is 21.0 Å². The van der Waals surface area contributed by atoms with E-state index < -0.39 is 0 Å². The van der Waals surface area contributed by atoms with Gasteiger partial charge in [-0.15, -0.1) is 0 Å². The van der Waals surface area contributed by atoms with Crippen LogP contribution in [-0.4, -0.2) is 24.5 Å². The van der Waals surface area contributed by atoms with Crippen molar-refractivity contribution in [2.45, 2.75) is 32.4 Å². The van der Waals surface area contributed by atoms with Crippen molar-refractivity contribution in [1.29, 1.82) is 0 Å². The van der Waals surface area contributed by atoms with E-state index in [1.54, 1.807) is 6.33 Å². The Hall–Kier alpha value is -3.19. The zero-order valence-electron chi connectivity index (χ0n) is 14.9. The second kappa shape index (κ2) is 6.21. The van der Waals surface area contributed by atoms with E-state index in [2.05, 4.69) is 44.2 Å². The topological polar surface area (TPSA) is 111 Å². The minimum absolute atomic E-state index is 0.402. The maximum Gasteiger partial charge on any atom is 0.165 e. The van der Waals surface area contributed by atoms with E-state index in [1.165, 1.54) is 34.8 Å². The van der Waals surface area contributed by atoms with Crippen molar-refractivity contribution in [3.63, 3.8) is 0 Å². The Bertz CT molecular complexity index is 1180. The Morgan fingerprint density at radius 2 is 2.07 bits per heavy atom. The molecule has 0 saturated carbocycles. The summed E-state index contributed by atoms with van der Waals surface area (Å²) in [5.74, 6) is 0.402. The number of nitrogens with one attached hydrogen (secondary N) is 1. The number of H-pyrrole nitrogens is 1. The van der Waals surface area contributed by atoms with Gasteiger partial charge in [0, 0.05) is 17.6 Å². The van der Waals surface area contributed by atoms with Crippen LogP contribution in [0.3, 0.4) is 0 Å². The first-order chi connectivity index (χ1) is 13.2. The molecule has 5 N–H and O–H groups in total. The van der Waals surface area contributed by atoms with E-state index in [4.69, 9.17) is 11.5 Å². The molecule has 7 nitrogen and oxygen atoms in total. The van der Waals surface area contributed by atoms with E-state index in [-0.39, 0.29) is 0 Å². The number of anilines is 1. The molecule has 0 bridgehead atoms. The maximum atomic E-state index is 5.93. The number of rotatable bonds is 4. The Morgan fingerprint density at radius 3 is 2.89 bits per heavy atom. The normalized spacial score (nSPS) is 14.3. The van der Waals surface area contributed by atoms with Gasteiger partial charge in [0.1, 0.15) is 11.8 Å². The fourth-order valence-corrected chi connectivity index (χ4v) is 3.93. The average Bonchev–Trinajstić information content (AvgIpc) is 3.41. The highest BCUT2D eigenvalue weighted by Gasteiger charge is 2.15. The standard InChI is InChI=1S/C20H21N7/c21-8-16-7-14-5-13(12-3-1-2-4-12)6-15(17(14)26-16)9-27-11-25-18-19(22)23-10-24-20(18)27/h3,5-7,10-11,26H,1-2,4,8-9,21H2,(H2,22,23,24). The molecular weight excluding hydrogens is 338 g/mol. The van der Waals surface area contributed by atoms with Crippen LogP contribution in [0, 0.1) is 0 Å². The number of hydrogen-bond donors (Lipinski definition) is 3. The van der Waals surface area contributed by atoms with Gasteiger partial charge in [0.2, 0.25) is 0 Å². The summed E-state index contributed by atoms with van der Waals surface area (Å²) in [6, 6.07) is 6.68. The lowest BCUT2D eigenvalue weighted by atomic mass is 10.00. The van der Waals surface area contributed by atoms with Gasteiger partial charge >= 0.3 is 0 Å². The van der Waals surface area contributed by atoms with E-state index >= 15 is 0 Å². The highest BCUT2D eigenvalue weighted by Crippen LogP contribution is 2.32. The minimum atomic E-state index is 0.402. The molecule has 0 saturated heterocycles. The summed E-state index contributed by atoms with van der Waals surface area (Å²) in [7, 11) is 0. The van der Waals surface area contributed by atoms with Gasteiger partial charge in [0.05, 0.1) is 18.4 Å². The third-order valence-corrected chi connectivity index (χ3v) is 5.27. The van der Waals surface area contributed by atoms with Gasteiger partial charge in [-0.3, -0.25) is 0 Å². The Labute approximate surface area is 156 Å². The highest BCUT2D eigenvalue weighted by atomic mass is 15.1. The fourth-order valence-electron chi connectivity index (χ4n) is 3.93. The number of allylic oxidation sites excluding steroid dienone is 2. The van der Waals surface area contributed by atoms with Crippen LogP contribution >= 0.6 is 0 Å². The summed E-state index contributed by atoms with van der Waals surface area (Å²) in [6.07, 6.45) is 9.12. The van der Waals surface area contributed by atoms with Gasteiger partial charge in [-0.1, -0.05) is 6.08 Å². The van der Waals surface area contributed by atoms with Crippen LogP contribution in [0.4, 0.5) is 5.82 Å². The van der Waals surface area contributed by atoms with E-state index in [0.717, 1.165) is 29.7 Å². The van der Waals surface area contributed by atoms with Crippen molar-refractivity contribution < 1.29 is 0 Å². The van der Waals surface area contributed by atoms with E-state index in [0.29, 0.717) is 24.4 Å². The summed E-state index contributed by atoms with van der Waals surface area (Å²) in [4.78, 5) is 16.2. The lowest BCUT2D eigenvalue weighted by Gasteiger charge is -2.10. The van der Waals surface area contributed by atoms with Crippen molar-refractivity contribution in [2.75, 3.05) is 5.73 Å². The number of imidazole rings is 1. The summed E-state index contributed by atoms with van der Waals surface area (Å²) in [5, 5.41) is 1.19. The molecule has 7 heteroatoms. The fraction of sp³-hybridized carbons (Fsp3) is 0.250. The van der Waals surface area contributed by atoms with E-state index in [1.807, 2.05) is 4.57 Å². The molecule has 1 aromatic carbocycles. The van der Waals surface area contributed by atoms with Crippen molar-refractivity contribution in [1.82, 2.24) is 24.5 Å². The predicted molar refractivity (Wildman–Crippen MR) is 107 cm³/mol. The lowest BCUT2D eigenvalue weighted by molar-refractivity contribution is 0.816. The molecule has 1 aliphatic carbocycles. The van der Waals surface area contributed by atoms with Gasteiger partial charge in [-0.25, -0.2) is 15.0 Å². The second-order valence-corrected chi connectivity index (χ2v) is 7.02. The molecule has 4 aromatic rings. The molecule has 0 amide bonds. The quantitative estimate of drug-likeness (QED) is 0.519. The summed E-state index contributed by atoms with van der Waals surface area (Å²) in [5.41, 5.74) is 19.2. The Morgan fingerprint density at radius 1 is 1.15 bits per heavy atom. The molecule has 5 rings (SSSR count). The van der Waals surface area contributed by atoms with Crippen molar-refractivity contribution in [3.8, 4) is 0 Å². The second-order valence-electron chi connectivity index (χ2n) is 7.02. The number of nitrogen functional groups attached to an aromatic ring is 1. The molecule has 0 radical (unpaired) electrons. The summed E-state index contributed by atoms with van der Waals surface area (Å²) in [6.45, 7) is 1.14. The molecule has 0 fully saturated rings. The van der Waals surface area contributed by atoms with Gasteiger partial charge in [-0.2, -0.15) is 0 Å². The van der Waals surface area contributed by atoms with Crippen LogP contribution in [0.2, 0.25) is 0 Å². The van der Waals surface area contributed by atoms with Gasteiger partial charge in [0.25, 0.3) is 0 Å². The molecule has 136 valence electrons. The number of benzene rings is 1. The number of nitrogens with two attached hydrogens (primary N) is 2. The molecule has 0 aliphatic heterocycles. The first-order valence-corrected chi connectivity index (χ1v) is 9.18. The summed E-state index contributed by atoms with van der Waals surface area (Å²) >= 11 is 0. The lowest BCUT2D eigenvalue weighted by Crippen LogP contribution is -2.02. The van der Waals surface area contributed by atoms with Crippen molar-refractivity contribution in [3.05, 3.63) is 53.8 Å². The Kier molecular flexibility index (Phi) is 3.68. The molecule has 3 heterocycles. The number of nitrogens with zero attached hydrogens (tertiary/aromatic N) is 4. The highest BCUT2D eigenvalue weighted by molar-refractivity contribution is 5.88. The van der Waals surface area contributed by atoms with Crippen LogP contribution in [0.1, 0.15) is 36.1 Å². The summed E-state index contributed by atoms with van der Waals surface area (Å²) < 4.78 is 2.01. The molecule has 0 unspecified atom stereocenters. The number of aromatic amines is 1. The van der Waals surface area contributed by atoms with Crippen LogP contribution in [0.5, 0.6) is 0 Å². The number of aromatic nitrogens is 5. The number of fused-ring (bicyclic) bond motifs is 2. The largest absolute Gasteiger partial charge is 0.382 e. The van der Waals surface area contributed by atoms with Crippen LogP contribution in [0.25, 0.3) is 27.6 Å². The van der Waals surface area contributed by atoms with Crippen molar-refractivity contribution in [2.24, 2.45) is 5.73 Å². The molecule has 27 heavy (non-hydrogen) atoms.